The molecule has 1 atom stereocenters. The second kappa shape index (κ2) is 7.87. The summed E-state index contributed by atoms with van der Waals surface area (Å²) in [5.74, 6) is -1.45. The number of anilines is 1. The standard InChI is InChI=1S/C25H22N2O3/c1-25(16-17-8-4-2-5-9-17)22(28)21(24(30)27-25)23(29)26-20-14-12-19(13-15-20)18-10-6-3-7-11-18/h2-15,28H,16H2,1H3,(H,26,29)(H,27,30). The monoisotopic (exact) mass is 398 g/mol. The van der Waals surface area contributed by atoms with Gasteiger partial charge in [-0.2, -0.15) is 0 Å². The van der Waals surface area contributed by atoms with Crippen LogP contribution in [0, 0.1) is 0 Å². The molecule has 0 aromatic heterocycles. The van der Waals surface area contributed by atoms with E-state index in [1.807, 2.05) is 72.8 Å². The number of hydrogen-bond donors (Lipinski definition) is 3. The summed E-state index contributed by atoms with van der Waals surface area (Å²) in [4.78, 5) is 25.2. The van der Waals surface area contributed by atoms with Crippen LogP contribution in [0.1, 0.15) is 12.5 Å². The molecule has 1 heterocycles. The molecule has 3 aromatic rings. The van der Waals surface area contributed by atoms with Crippen LogP contribution in [0.5, 0.6) is 0 Å². The lowest BCUT2D eigenvalue weighted by Crippen LogP contribution is -2.43. The van der Waals surface area contributed by atoms with Gasteiger partial charge in [0.2, 0.25) is 0 Å². The van der Waals surface area contributed by atoms with Gasteiger partial charge in [0.05, 0.1) is 5.54 Å². The van der Waals surface area contributed by atoms with Crippen molar-refractivity contribution < 1.29 is 14.7 Å². The molecule has 0 aliphatic carbocycles. The van der Waals surface area contributed by atoms with Crippen LogP contribution in [-0.4, -0.2) is 22.5 Å². The first kappa shape index (κ1) is 19.5. The Kier molecular flexibility index (Phi) is 5.11. The van der Waals surface area contributed by atoms with Crippen molar-refractivity contribution in [1.29, 1.82) is 0 Å². The molecule has 3 N–H and O–H groups in total. The quantitative estimate of drug-likeness (QED) is 0.563. The van der Waals surface area contributed by atoms with Gasteiger partial charge in [-0.3, -0.25) is 9.59 Å². The number of benzene rings is 3. The number of nitrogens with one attached hydrogen (secondary N) is 2. The lowest BCUT2D eigenvalue weighted by molar-refractivity contribution is -0.121. The van der Waals surface area contributed by atoms with Gasteiger partial charge in [0, 0.05) is 12.1 Å². The molecular formula is C25H22N2O3. The summed E-state index contributed by atoms with van der Waals surface area (Å²) in [7, 11) is 0. The van der Waals surface area contributed by atoms with E-state index in [9.17, 15) is 14.7 Å². The Morgan fingerprint density at radius 2 is 1.47 bits per heavy atom. The van der Waals surface area contributed by atoms with Crippen molar-refractivity contribution in [2.24, 2.45) is 0 Å². The minimum atomic E-state index is -1.03. The van der Waals surface area contributed by atoms with Crippen molar-refractivity contribution in [2.45, 2.75) is 18.9 Å². The SMILES string of the molecule is CC1(Cc2ccccc2)NC(=O)C(C(=O)Nc2ccc(-c3ccccc3)cc2)=C1O. The molecule has 1 unspecified atom stereocenters. The van der Waals surface area contributed by atoms with Crippen molar-refractivity contribution in [3.05, 3.63) is 102 Å². The highest BCUT2D eigenvalue weighted by atomic mass is 16.3. The van der Waals surface area contributed by atoms with Gasteiger partial charge >= 0.3 is 0 Å². The number of carbonyl (C=O) groups is 2. The summed E-state index contributed by atoms with van der Waals surface area (Å²) in [5.41, 5.74) is 2.31. The van der Waals surface area contributed by atoms with Gasteiger partial charge in [0.25, 0.3) is 11.8 Å². The maximum Gasteiger partial charge on any atom is 0.264 e. The van der Waals surface area contributed by atoms with Crippen molar-refractivity contribution >= 4 is 17.5 Å². The third-order valence-corrected chi connectivity index (χ3v) is 5.25. The number of aliphatic hydroxyl groups is 1. The van der Waals surface area contributed by atoms with Gasteiger partial charge in [-0.15, -0.1) is 0 Å². The molecular weight excluding hydrogens is 376 g/mol. The average molecular weight is 398 g/mol. The first-order valence-electron chi connectivity index (χ1n) is 9.73. The molecule has 1 aliphatic rings. The predicted octanol–water partition coefficient (Wildman–Crippen LogP) is 4.24. The van der Waals surface area contributed by atoms with Gasteiger partial charge in [-0.25, -0.2) is 0 Å². The highest BCUT2D eigenvalue weighted by Crippen LogP contribution is 2.30. The Balaban J connectivity index is 1.52. The predicted molar refractivity (Wildman–Crippen MR) is 117 cm³/mol. The third kappa shape index (κ3) is 3.82. The molecule has 0 fully saturated rings. The van der Waals surface area contributed by atoms with Crippen LogP contribution in [0.4, 0.5) is 5.69 Å². The molecule has 30 heavy (non-hydrogen) atoms. The molecule has 4 rings (SSSR count). The van der Waals surface area contributed by atoms with E-state index in [2.05, 4.69) is 10.6 Å². The first-order chi connectivity index (χ1) is 14.5. The van der Waals surface area contributed by atoms with Crippen LogP contribution in [0.15, 0.2) is 96.3 Å². The van der Waals surface area contributed by atoms with Crippen LogP contribution in [-0.2, 0) is 16.0 Å². The van der Waals surface area contributed by atoms with Gasteiger partial charge in [0.15, 0.2) is 0 Å². The molecule has 150 valence electrons. The van der Waals surface area contributed by atoms with E-state index in [0.717, 1.165) is 16.7 Å². The molecule has 0 saturated carbocycles. The van der Waals surface area contributed by atoms with Crippen molar-refractivity contribution in [3.63, 3.8) is 0 Å². The summed E-state index contributed by atoms with van der Waals surface area (Å²) in [6.07, 6.45) is 0.383. The van der Waals surface area contributed by atoms with E-state index in [0.29, 0.717) is 12.1 Å². The van der Waals surface area contributed by atoms with Crippen LogP contribution in [0.25, 0.3) is 11.1 Å². The maximum absolute atomic E-state index is 12.7. The Morgan fingerprint density at radius 1 is 0.900 bits per heavy atom. The van der Waals surface area contributed by atoms with Crippen molar-refractivity contribution in [1.82, 2.24) is 5.32 Å². The Morgan fingerprint density at radius 3 is 2.10 bits per heavy atom. The normalized spacial score (nSPS) is 18.2. The smallest absolute Gasteiger partial charge is 0.264 e. The number of carbonyl (C=O) groups excluding carboxylic acids is 2. The summed E-state index contributed by atoms with van der Waals surface area (Å²) in [6, 6.07) is 26.7. The lowest BCUT2D eigenvalue weighted by atomic mass is 9.91. The second-order valence-electron chi connectivity index (χ2n) is 7.57. The molecule has 0 bridgehead atoms. The number of aliphatic hydroxyl groups excluding tert-OH is 1. The summed E-state index contributed by atoms with van der Waals surface area (Å²) < 4.78 is 0. The molecule has 2 amide bonds. The summed E-state index contributed by atoms with van der Waals surface area (Å²) in [6.45, 7) is 1.71. The van der Waals surface area contributed by atoms with Gasteiger partial charge in [0.1, 0.15) is 11.3 Å². The maximum atomic E-state index is 12.7. The van der Waals surface area contributed by atoms with Crippen molar-refractivity contribution in [2.75, 3.05) is 5.32 Å². The third-order valence-electron chi connectivity index (χ3n) is 5.25. The Hall–Kier alpha value is -3.86. The molecule has 5 heteroatoms. The van der Waals surface area contributed by atoms with Crippen LogP contribution < -0.4 is 10.6 Å². The number of hydrogen-bond acceptors (Lipinski definition) is 3. The summed E-state index contributed by atoms with van der Waals surface area (Å²) in [5, 5.41) is 16.2. The fraction of sp³-hybridized carbons (Fsp3) is 0.120. The topological polar surface area (TPSA) is 78.4 Å². The zero-order chi connectivity index (χ0) is 21.1. The van der Waals surface area contributed by atoms with E-state index in [1.54, 1.807) is 19.1 Å². The lowest BCUT2D eigenvalue weighted by Gasteiger charge is -2.24. The zero-order valence-electron chi connectivity index (χ0n) is 16.6. The molecule has 0 radical (unpaired) electrons. The summed E-state index contributed by atoms with van der Waals surface area (Å²) >= 11 is 0. The van der Waals surface area contributed by atoms with Gasteiger partial charge < -0.3 is 15.7 Å². The molecule has 0 spiro atoms. The molecule has 1 aliphatic heterocycles. The zero-order valence-corrected chi connectivity index (χ0v) is 16.6. The van der Waals surface area contributed by atoms with Crippen LogP contribution >= 0.6 is 0 Å². The van der Waals surface area contributed by atoms with E-state index in [-0.39, 0.29) is 11.3 Å². The average Bonchev–Trinajstić information content (AvgIpc) is 2.97. The first-order valence-corrected chi connectivity index (χ1v) is 9.73. The minimum Gasteiger partial charge on any atom is -0.509 e. The van der Waals surface area contributed by atoms with E-state index < -0.39 is 17.4 Å². The Bertz CT molecular complexity index is 1110. The van der Waals surface area contributed by atoms with Crippen molar-refractivity contribution in [3.8, 4) is 11.1 Å². The largest absolute Gasteiger partial charge is 0.509 e. The minimum absolute atomic E-state index is 0.241. The highest BCUT2D eigenvalue weighted by Gasteiger charge is 2.44. The second-order valence-corrected chi connectivity index (χ2v) is 7.57. The molecule has 0 saturated heterocycles. The van der Waals surface area contributed by atoms with Gasteiger partial charge in [-0.05, 0) is 35.7 Å². The highest BCUT2D eigenvalue weighted by molar-refractivity contribution is 6.25. The Labute approximate surface area is 175 Å². The van der Waals surface area contributed by atoms with Crippen LogP contribution in [0.2, 0.25) is 0 Å². The number of rotatable bonds is 5. The van der Waals surface area contributed by atoms with E-state index >= 15 is 0 Å². The fourth-order valence-corrected chi connectivity index (χ4v) is 3.67. The van der Waals surface area contributed by atoms with E-state index in [1.165, 1.54) is 0 Å². The van der Waals surface area contributed by atoms with Gasteiger partial charge in [-0.1, -0.05) is 72.8 Å². The molecule has 5 nitrogen and oxygen atoms in total. The fourth-order valence-electron chi connectivity index (χ4n) is 3.67. The van der Waals surface area contributed by atoms with E-state index in [4.69, 9.17) is 0 Å². The van der Waals surface area contributed by atoms with Crippen LogP contribution in [0.3, 0.4) is 0 Å². The number of amides is 2. The molecule has 3 aromatic carbocycles.